The highest BCUT2D eigenvalue weighted by atomic mass is 32.2. The first kappa shape index (κ1) is 19.2. The zero-order valence-electron chi connectivity index (χ0n) is 14.1. The summed E-state index contributed by atoms with van der Waals surface area (Å²) >= 11 is 8.13. The maximum atomic E-state index is 12.2. The minimum Gasteiger partial charge on any atom is -0.462 e. The summed E-state index contributed by atoms with van der Waals surface area (Å²) in [7, 11) is 0. The van der Waals surface area contributed by atoms with E-state index in [0.29, 0.717) is 17.2 Å². The Balaban J connectivity index is 1.97. The van der Waals surface area contributed by atoms with Crippen LogP contribution in [0.4, 0.5) is 5.00 Å². The predicted octanol–water partition coefficient (Wildman–Crippen LogP) is 3.59. The molecule has 0 unspecified atom stereocenters. The number of thiocarbonyl (C=S) groups is 1. The lowest BCUT2D eigenvalue weighted by Gasteiger charge is -2.17. The zero-order chi connectivity index (χ0) is 17.7. The molecule has 5 nitrogen and oxygen atoms in total. The molecule has 1 aliphatic heterocycles. The second kappa shape index (κ2) is 8.82. The molecule has 0 atom stereocenters. The number of likely N-dealkylation sites (tertiary alicyclic amines) is 1. The van der Waals surface area contributed by atoms with E-state index in [2.05, 4.69) is 10.2 Å². The van der Waals surface area contributed by atoms with Crippen LogP contribution in [-0.2, 0) is 9.53 Å². The lowest BCUT2D eigenvalue weighted by Crippen LogP contribution is -2.25. The van der Waals surface area contributed by atoms with Gasteiger partial charge in [0.25, 0.3) is 0 Å². The maximum absolute atomic E-state index is 12.2. The van der Waals surface area contributed by atoms with Crippen LogP contribution in [0.5, 0.6) is 0 Å². The molecule has 1 aromatic rings. The molecule has 2 heterocycles. The smallest absolute Gasteiger partial charge is 0.341 e. The molecule has 132 valence electrons. The Morgan fingerprint density at radius 2 is 2.00 bits per heavy atom. The molecule has 8 heteroatoms. The SMILES string of the molecule is CCOC(=O)c1c(NC(=O)CSC(=S)N2CCCC2)sc(C)c1C. The summed E-state index contributed by atoms with van der Waals surface area (Å²) in [6, 6.07) is 0. The van der Waals surface area contributed by atoms with Crippen molar-refractivity contribution in [3.8, 4) is 0 Å². The van der Waals surface area contributed by atoms with Gasteiger partial charge in [0.2, 0.25) is 5.91 Å². The van der Waals surface area contributed by atoms with E-state index in [-0.39, 0.29) is 11.7 Å². The Labute approximate surface area is 156 Å². The molecule has 0 spiro atoms. The number of anilines is 1. The van der Waals surface area contributed by atoms with Gasteiger partial charge in [0.15, 0.2) is 0 Å². The van der Waals surface area contributed by atoms with Crippen molar-refractivity contribution >= 4 is 56.5 Å². The van der Waals surface area contributed by atoms with Crippen LogP contribution in [-0.4, -0.2) is 46.5 Å². The first-order valence-corrected chi connectivity index (χ1v) is 10.1. The fourth-order valence-electron chi connectivity index (χ4n) is 2.45. The highest BCUT2D eigenvalue weighted by Crippen LogP contribution is 2.33. The molecule has 1 amide bonds. The standard InChI is InChI=1S/C16H22N2O3S3/c1-4-21-15(20)13-10(2)11(3)24-14(13)17-12(19)9-23-16(22)18-7-5-6-8-18/h4-9H2,1-3H3,(H,17,19). The molecular weight excluding hydrogens is 364 g/mol. The Hall–Kier alpha value is -1.12. The van der Waals surface area contributed by atoms with Gasteiger partial charge in [-0.3, -0.25) is 4.79 Å². The van der Waals surface area contributed by atoms with Crippen molar-refractivity contribution in [3.63, 3.8) is 0 Å². The van der Waals surface area contributed by atoms with Crippen LogP contribution >= 0.6 is 35.3 Å². The van der Waals surface area contributed by atoms with Gasteiger partial charge >= 0.3 is 5.97 Å². The van der Waals surface area contributed by atoms with E-state index in [9.17, 15) is 9.59 Å². The lowest BCUT2D eigenvalue weighted by molar-refractivity contribution is -0.113. The van der Waals surface area contributed by atoms with Crippen molar-refractivity contribution in [2.24, 2.45) is 0 Å². The number of nitrogens with zero attached hydrogens (tertiary/aromatic N) is 1. The number of esters is 1. The van der Waals surface area contributed by atoms with E-state index in [4.69, 9.17) is 17.0 Å². The first-order chi connectivity index (χ1) is 11.4. The average molecular weight is 387 g/mol. The number of hydrogen-bond donors (Lipinski definition) is 1. The monoisotopic (exact) mass is 386 g/mol. The van der Waals surface area contributed by atoms with Crippen molar-refractivity contribution in [2.45, 2.75) is 33.6 Å². The Morgan fingerprint density at radius 1 is 1.33 bits per heavy atom. The Morgan fingerprint density at radius 3 is 2.62 bits per heavy atom. The predicted molar refractivity (Wildman–Crippen MR) is 104 cm³/mol. The summed E-state index contributed by atoms with van der Waals surface area (Å²) in [5.41, 5.74) is 1.31. The van der Waals surface area contributed by atoms with Crippen molar-refractivity contribution in [1.29, 1.82) is 0 Å². The largest absolute Gasteiger partial charge is 0.462 e. The molecule has 1 N–H and O–H groups in total. The van der Waals surface area contributed by atoms with Crippen LogP contribution in [0, 0.1) is 13.8 Å². The molecule has 1 saturated heterocycles. The third-order valence-corrected chi connectivity index (χ3v) is 6.45. The number of thioether (sulfide) groups is 1. The van der Waals surface area contributed by atoms with Crippen LogP contribution in [0.2, 0.25) is 0 Å². The molecule has 1 aliphatic rings. The third-order valence-electron chi connectivity index (χ3n) is 3.81. The van der Waals surface area contributed by atoms with Crippen LogP contribution in [0.15, 0.2) is 0 Å². The quantitative estimate of drug-likeness (QED) is 0.616. The molecule has 2 rings (SSSR count). The average Bonchev–Trinajstić information content (AvgIpc) is 3.15. The van der Waals surface area contributed by atoms with E-state index in [1.807, 2.05) is 13.8 Å². The summed E-state index contributed by atoms with van der Waals surface area (Å²) in [5.74, 6) is -0.309. The molecule has 1 fully saturated rings. The van der Waals surface area contributed by atoms with Crippen molar-refractivity contribution in [3.05, 3.63) is 16.0 Å². The van der Waals surface area contributed by atoms with Crippen molar-refractivity contribution in [1.82, 2.24) is 4.90 Å². The van der Waals surface area contributed by atoms with Crippen LogP contribution in [0.3, 0.4) is 0 Å². The van der Waals surface area contributed by atoms with Gasteiger partial charge in [-0.15, -0.1) is 11.3 Å². The number of nitrogens with one attached hydrogen (secondary N) is 1. The normalized spacial score (nSPS) is 13.9. The summed E-state index contributed by atoms with van der Waals surface area (Å²) in [6.07, 6.45) is 2.31. The van der Waals surface area contributed by atoms with Gasteiger partial charge in [0, 0.05) is 18.0 Å². The second-order valence-corrected chi connectivity index (χ2v) is 8.34. The number of amides is 1. The second-order valence-electron chi connectivity index (χ2n) is 5.50. The Bertz CT molecular complexity index is 637. The third kappa shape index (κ3) is 4.70. The van der Waals surface area contributed by atoms with Crippen molar-refractivity contribution in [2.75, 3.05) is 30.8 Å². The lowest BCUT2D eigenvalue weighted by atomic mass is 10.1. The van der Waals surface area contributed by atoms with Gasteiger partial charge < -0.3 is 15.0 Å². The number of hydrogen-bond acceptors (Lipinski definition) is 6. The van der Waals surface area contributed by atoms with Crippen LogP contribution in [0.1, 0.15) is 40.6 Å². The number of carbonyl (C=O) groups excluding carboxylic acids is 2. The fourth-order valence-corrected chi connectivity index (χ4v) is 4.56. The molecule has 0 aliphatic carbocycles. The van der Waals surface area contributed by atoms with E-state index in [1.165, 1.54) is 23.1 Å². The van der Waals surface area contributed by atoms with E-state index >= 15 is 0 Å². The van der Waals surface area contributed by atoms with Gasteiger partial charge in [-0.2, -0.15) is 0 Å². The summed E-state index contributed by atoms with van der Waals surface area (Å²) in [6.45, 7) is 7.81. The minimum atomic E-state index is -0.394. The molecule has 1 aromatic heterocycles. The highest BCUT2D eigenvalue weighted by molar-refractivity contribution is 8.23. The van der Waals surface area contributed by atoms with E-state index < -0.39 is 5.97 Å². The van der Waals surface area contributed by atoms with E-state index in [0.717, 1.165) is 40.7 Å². The number of ether oxygens (including phenoxy) is 1. The van der Waals surface area contributed by atoms with Gasteiger partial charge in [0.05, 0.1) is 17.9 Å². The number of rotatable bonds is 5. The molecule has 0 bridgehead atoms. The number of thiophene rings is 1. The minimum absolute atomic E-state index is 0.159. The van der Waals surface area contributed by atoms with Gasteiger partial charge in [0.1, 0.15) is 9.32 Å². The summed E-state index contributed by atoms with van der Waals surface area (Å²) in [5, 5.41) is 3.39. The van der Waals surface area contributed by atoms with E-state index in [1.54, 1.807) is 6.92 Å². The summed E-state index contributed by atoms with van der Waals surface area (Å²) in [4.78, 5) is 27.5. The Kier molecular flexibility index (Phi) is 7.06. The van der Waals surface area contributed by atoms with Crippen molar-refractivity contribution < 1.29 is 14.3 Å². The molecule has 24 heavy (non-hydrogen) atoms. The zero-order valence-corrected chi connectivity index (χ0v) is 16.6. The molecule has 0 aromatic carbocycles. The van der Waals surface area contributed by atoms with Gasteiger partial charge in [-0.1, -0.05) is 24.0 Å². The molecular formula is C16H22N2O3S3. The van der Waals surface area contributed by atoms with Gasteiger partial charge in [-0.25, -0.2) is 4.79 Å². The number of carbonyl (C=O) groups is 2. The maximum Gasteiger partial charge on any atom is 0.341 e. The fraction of sp³-hybridized carbons (Fsp3) is 0.562. The first-order valence-electron chi connectivity index (χ1n) is 7.92. The molecule has 0 saturated carbocycles. The van der Waals surface area contributed by atoms with Gasteiger partial charge in [-0.05, 0) is 39.2 Å². The van der Waals surface area contributed by atoms with Crippen LogP contribution in [0.25, 0.3) is 0 Å². The highest BCUT2D eigenvalue weighted by Gasteiger charge is 2.22. The van der Waals surface area contributed by atoms with Crippen LogP contribution < -0.4 is 5.32 Å². The topological polar surface area (TPSA) is 58.6 Å². The summed E-state index contributed by atoms with van der Waals surface area (Å²) < 4.78 is 5.86. The number of aryl methyl sites for hydroxylation is 1. The molecule has 0 radical (unpaired) electrons.